The van der Waals surface area contributed by atoms with Gasteiger partial charge in [0, 0.05) is 22.7 Å². The third-order valence-electron chi connectivity index (χ3n) is 4.26. The third-order valence-corrected chi connectivity index (χ3v) is 5.64. The van der Waals surface area contributed by atoms with Gasteiger partial charge in [-0.1, -0.05) is 11.6 Å². The van der Waals surface area contributed by atoms with Crippen LogP contribution in [0.25, 0.3) is 15.9 Å². The summed E-state index contributed by atoms with van der Waals surface area (Å²) in [6, 6.07) is 5.51. The van der Waals surface area contributed by atoms with Crippen LogP contribution in [0.5, 0.6) is 0 Å². The standard InChI is InChI=1S/C17H10ClF3N2O2S/c18-8-1-3-9(4-2-8)23-15(25)13-11-6-5-10(24)7-12(11)26-14(13)22-16(23)17(19,20)21/h1-4H,5-7H2. The molecular weight excluding hydrogens is 389 g/mol. The molecule has 1 aliphatic rings. The quantitative estimate of drug-likeness (QED) is 0.618. The summed E-state index contributed by atoms with van der Waals surface area (Å²) >= 11 is 6.79. The Morgan fingerprint density at radius 2 is 1.81 bits per heavy atom. The van der Waals surface area contributed by atoms with Crippen molar-refractivity contribution in [2.75, 3.05) is 0 Å². The normalized spacial score (nSPS) is 14.7. The summed E-state index contributed by atoms with van der Waals surface area (Å²) < 4.78 is 41.3. The molecule has 2 heterocycles. The van der Waals surface area contributed by atoms with Crippen LogP contribution < -0.4 is 5.56 Å². The van der Waals surface area contributed by atoms with E-state index in [1.54, 1.807) is 0 Å². The fraction of sp³-hybridized carbons (Fsp3) is 0.235. The molecule has 0 spiro atoms. The molecule has 0 bridgehead atoms. The van der Waals surface area contributed by atoms with E-state index >= 15 is 0 Å². The first-order chi connectivity index (χ1) is 12.3. The Morgan fingerprint density at radius 1 is 1.12 bits per heavy atom. The van der Waals surface area contributed by atoms with Gasteiger partial charge in [0.1, 0.15) is 10.6 Å². The second kappa shape index (κ2) is 5.92. The molecule has 9 heteroatoms. The van der Waals surface area contributed by atoms with Gasteiger partial charge in [0.2, 0.25) is 5.82 Å². The minimum Gasteiger partial charge on any atom is -0.299 e. The second-order valence-corrected chi connectivity index (χ2v) is 7.47. The number of hydrogen-bond acceptors (Lipinski definition) is 4. The molecule has 0 radical (unpaired) electrons. The number of nitrogens with zero attached hydrogens (tertiary/aromatic N) is 2. The van der Waals surface area contributed by atoms with Crippen LogP contribution >= 0.6 is 22.9 Å². The van der Waals surface area contributed by atoms with Crippen LogP contribution in [0.15, 0.2) is 29.1 Å². The molecule has 0 N–H and O–H groups in total. The molecule has 3 aromatic rings. The van der Waals surface area contributed by atoms with Gasteiger partial charge in [0.05, 0.1) is 11.1 Å². The lowest BCUT2D eigenvalue weighted by atomic mass is 9.96. The number of rotatable bonds is 1. The number of fused-ring (bicyclic) bond motifs is 3. The summed E-state index contributed by atoms with van der Waals surface area (Å²) in [6.07, 6.45) is -4.05. The first-order valence-corrected chi connectivity index (χ1v) is 8.87. The van der Waals surface area contributed by atoms with Gasteiger partial charge in [-0.2, -0.15) is 13.2 Å². The van der Waals surface area contributed by atoms with E-state index in [0.717, 1.165) is 11.3 Å². The maximum atomic E-state index is 13.6. The van der Waals surface area contributed by atoms with Crippen molar-refractivity contribution < 1.29 is 18.0 Å². The average Bonchev–Trinajstić information content (AvgIpc) is 2.92. The predicted octanol–water partition coefficient (Wildman–Crippen LogP) is 4.18. The topological polar surface area (TPSA) is 52.0 Å². The lowest BCUT2D eigenvalue weighted by Gasteiger charge is -2.15. The van der Waals surface area contributed by atoms with Gasteiger partial charge in [0.15, 0.2) is 0 Å². The van der Waals surface area contributed by atoms with E-state index in [9.17, 15) is 22.8 Å². The summed E-state index contributed by atoms with van der Waals surface area (Å²) in [5, 5.41) is 0.510. The van der Waals surface area contributed by atoms with Gasteiger partial charge < -0.3 is 0 Å². The largest absolute Gasteiger partial charge is 0.450 e. The molecule has 4 rings (SSSR count). The first kappa shape index (κ1) is 17.2. The summed E-state index contributed by atoms with van der Waals surface area (Å²) in [5.74, 6) is -1.28. The number of ketones is 1. The Morgan fingerprint density at radius 3 is 2.46 bits per heavy atom. The molecule has 0 amide bonds. The first-order valence-electron chi connectivity index (χ1n) is 7.68. The number of thiophene rings is 1. The van der Waals surface area contributed by atoms with Crippen LogP contribution in [0, 0.1) is 0 Å². The van der Waals surface area contributed by atoms with Crippen molar-refractivity contribution >= 4 is 38.9 Å². The molecule has 134 valence electrons. The number of alkyl halides is 3. The zero-order valence-corrected chi connectivity index (χ0v) is 14.6. The molecular formula is C17H10ClF3N2O2S. The van der Waals surface area contributed by atoms with Gasteiger partial charge in [0.25, 0.3) is 5.56 Å². The van der Waals surface area contributed by atoms with Crippen LogP contribution in [0.3, 0.4) is 0 Å². The zero-order chi connectivity index (χ0) is 18.6. The van der Waals surface area contributed by atoms with E-state index in [1.165, 1.54) is 24.3 Å². The van der Waals surface area contributed by atoms with E-state index in [2.05, 4.69) is 4.98 Å². The monoisotopic (exact) mass is 398 g/mol. The van der Waals surface area contributed by atoms with Crippen molar-refractivity contribution in [3.8, 4) is 5.69 Å². The van der Waals surface area contributed by atoms with Crippen molar-refractivity contribution in [3.63, 3.8) is 0 Å². The van der Waals surface area contributed by atoms with Gasteiger partial charge in [-0.3, -0.25) is 14.2 Å². The molecule has 0 saturated carbocycles. The molecule has 4 nitrogen and oxygen atoms in total. The highest BCUT2D eigenvalue weighted by Gasteiger charge is 2.39. The highest BCUT2D eigenvalue weighted by Crippen LogP contribution is 2.36. The van der Waals surface area contributed by atoms with E-state index < -0.39 is 17.6 Å². The number of aromatic nitrogens is 2. The molecule has 0 atom stereocenters. The summed E-state index contributed by atoms with van der Waals surface area (Å²) in [7, 11) is 0. The maximum Gasteiger partial charge on any atom is 0.450 e. The minimum atomic E-state index is -4.81. The number of Topliss-reactive ketones (excluding diaryl/α,β-unsaturated/α-hetero) is 1. The van der Waals surface area contributed by atoms with Crippen LogP contribution in [0.1, 0.15) is 22.7 Å². The number of aryl methyl sites for hydroxylation is 1. The molecule has 0 unspecified atom stereocenters. The Bertz CT molecular complexity index is 1100. The summed E-state index contributed by atoms with van der Waals surface area (Å²) in [4.78, 5) is 29.0. The lowest BCUT2D eigenvalue weighted by molar-refractivity contribution is -0.146. The Labute approximate surface area is 153 Å². The lowest BCUT2D eigenvalue weighted by Crippen LogP contribution is -2.29. The fourth-order valence-electron chi connectivity index (χ4n) is 3.11. The Kier molecular flexibility index (Phi) is 3.92. The molecule has 1 aromatic carbocycles. The number of halogens is 4. The highest BCUT2D eigenvalue weighted by atomic mass is 35.5. The number of carbonyl (C=O) groups is 1. The van der Waals surface area contributed by atoms with Crippen molar-refractivity contribution in [2.45, 2.75) is 25.4 Å². The SMILES string of the molecule is O=C1CCc2c(sc3nc(C(F)(F)F)n(-c4ccc(Cl)cc4)c(=O)c23)C1. The molecule has 26 heavy (non-hydrogen) atoms. The fourth-order valence-corrected chi connectivity index (χ4v) is 4.47. The number of hydrogen-bond donors (Lipinski definition) is 0. The molecule has 0 aliphatic heterocycles. The average molecular weight is 399 g/mol. The van der Waals surface area contributed by atoms with Crippen molar-refractivity contribution in [1.82, 2.24) is 9.55 Å². The summed E-state index contributed by atoms with van der Waals surface area (Å²) in [5.41, 5.74) is -0.108. The summed E-state index contributed by atoms with van der Waals surface area (Å²) in [6.45, 7) is 0. The zero-order valence-electron chi connectivity index (χ0n) is 13.1. The van der Waals surface area contributed by atoms with E-state index in [0.29, 0.717) is 26.5 Å². The van der Waals surface area contributed by atoms with E-state index in [4.69, 9.17) is 11.6 Å². The molecule has 2 aromatic heterocycles. The second-order valence-electron chi connectivity index (χ2n) is 5.95. The van der Waals surface area contributed by atoms with Crippen LogP contribution in [-0.4, -0.2) is 15.3 Å². The van der Waals surface area contributed by atoms with E-state index in [1.807, 2.05) is 0 Å². The van der Waals surface area contributed by atoms with Gasteiger partial charge >= 0.3 is 6.18 Å². The van der Waals surface area contributed by atoms with Crippen molar-refractivity contribution in [2.24, 2.45) is 0 Å². The molecule has 0 saturated heterocycles. The predicted molar refractivity (Wildman–Crippen MR) is 92.3 cm³/mol. The van der Waals surface area contributed by atoms with Gasteiger partial charge in [-0.25, -0.2) is 4.98 Å². The van der Waals surface area contributed by atoms with Crippen LogP contribution in [-0.2, 0) is 23.8 Å². The molecule has 1 aliphatic carbocycles. The van der Waals surface area contributed by atoms with Crippen molar-refractivity contribution in [3.05, 3.63) is 55.9 Å². The third kappa shape index (κ3) is 2.73. The Balaban J connectivity index is 2.08. The van der Waals surface area contributed by atoms with Crippen LogP contribution in [0.4, 0.5) is 13.2 Å². The highest BCUT2D eigenvalue weighted by molar-refractivity contribution is 7.19. The number of carbonyl (C=O) groups excluding carboxylic acids is 1. The number of benzene rings is 1. The van der Waals surface area contributed by atoms with Crippen LogP contribution in [0.2, 0.25) is 5.02 Å². The van der Waals surface area contributed by atoms with E-state index in [-0.39, 0.29) is 34.5 Å². The smallest absolute Gasteiger partial charge is 0.299 e. The van der Waals surface area contributed by atoms with Gasteiger partial charge in [-0.05, 0) is 36.2 Å². The van der Waals surface area contributed by atoms with Crippen molar-refractivity contribution in [1.29, 1.82) is 0 Å². The minimum absolute atomic E-state index is 0.0122. The molecule has 0 fully saturated rings. The Hall–Kier alpha value is -2.19. The maximum absolute atomic E-state index is 13.6. The van der Waals surface area contributed by atoms with Gasteiger partial charge in [-0.15, -0.1) is 11.3 Å².